The smallest absolute Gasteiger partial charge is 0.409 e. The van der Waals surface area contributed by atoms with Crippen molar-refractivity contribution in [2.75, 3.05) is 52.9 Å². The van der Waals surface area contributed by atoms with Crippen LogP contribution in [0.4, 0.5) is 4.79 Å². The van der Waals surface area contributed by atoms with Crippen molar-refractivity contribution in [3.8, 4) is 6.07 Å². The van der Waals surface area contributed by atoms with E-state index in [1.807, 2.05) is 11.9 Å². The van der Waals surface area contributed by atoms with Crippen molar-refractivity contribution in [2.24, 2.45) is 0 Å². The zero-order valence-corrected chi connectivity index (χ0v) is 12.2. The van der Waals surface area contributed by atoms with Gasteiger partial charge in [0.05, 0.1) is 19.2 Å². The van der Waals surface area contributed by atoms with Gasteiger partial charge in [0.2, 0.25) is 5.91 Å². The molecule has 1 rings (SSSR count). The predicted molar refractivity (Wildman–Crippen MR) is 72.9 cm³/mol. The molecule has 112 valence electrons. The predicted octanol–water partition coefficient (Wildman–Crippen LogP) is 0.133. The van der Waals surface area contributed by atoms with E-state index in [9.17, 15) is 9.59 Å². The topological polar surface area (TPSA) is 76.9 Å². The Bertz CT molecular complexity index is 372. The lowest BCUT2D eigenvalue weighted by molar-refractivity contribution is -0.133. The van der Waals surface area contributed by atoms with Crippen LogP contribution in [0.25, 0.3) is 0 Å². The van der Waals surface area contributed by atoms with E-state index in [2.05, 4.69) is 6.07 Å². The molecule has 1 fully saturated rings. The fraction of sp³-hybridized carbons (Fsp3) is 0.769. The van der Waals surface area contributed by atoms with Gasteiger partial charge in [-0.3, -0.25) is 9.69 Å². The van der Waals surface area contributed by atoms with E-state index >= 15 is 0 Å². The van der Waals surface area contributed by atoms with Gasteiger partial charge in [0.1, 0.15) is 0 Å². The zero-order valence-electron chi connectivity index (χ0n) is 12.2. The van der Waals surface area contributed by atoms with Gasteiger partial charge in [-0.25, -0.2) is 4.79 Å². The van der Waals surface area contributed by atoms with Gasteiger partial charge in [-0.2, -0.15) is 5.26 Å². The Kier molecular flexibility index (Phi) is 6.81. The number of carbonyl (C=O) groups is 2. The van der Waals surface area contributed by atoms with Crippen LogP contribution in [0.3, 0.4) is 0 Å². The molecule has 1 saturated heterocycles. The summed E-state index contributed by atoms with van der Waals surface area (Å²) in [7, 11) is 1.82. The standard InChI is InChI=1S/C13H22N4O3/c1-3-20-13(19)17-9-7-16(8-10-17)12(18)11-15(2)6-4-5-14/h3-4,6-11H2,1-2H3. The van der Waals surface area contributed by atoms with Gasteiger partial charge < -0.3 is 14.5 Å². The molecule has 1 aliphatic rings. The molecule has 0 N–H and O–H groups in total. The molecule has 0 aromatic carbocycles. The number of amides is 2. The van der Waals surface area contributed by atoms with Gasteiger partial charge in [0, 0.05) is 39.1 Å². The van der Waals surface area contributed by atoms with Crippen molar-refractivity contribution in [2.45, 2.75) is 13.3 Å². The Labute approximate surface area is 119 Å². The quantitative estimate of drug-likeness (QED) is 0.716. The SMILES string of the molecule is CCOC(=O)N1CCN(C(=O)CN(C)CCC#N)CC1. The molecule has 1 aliphatic heterocycles. The molecule has 7 nitrogen and oxygen atoms in total. The summed E-state index contributed by atoms with van der Waals surface area (Å²) in [4.78, 5) is 28.8. The van der Waals surface area contributed by atoms with Gasteiger partial charge >= 0.3 is 6.09 Å². The highest BCUT2D eigenvalue weighted by molar-refractivity contribution is 5.78. The van der Waals surface area contributed by atoms with Gasteiger partial charge in [-0.15, -0.1) is 0 Å². The summed E-state index contributed by atoms with van der Waals surface area (Å²) in [6, 6.07) is 2.06. The second kappa shape index (κ2) is 8.38. The molecule has 0 aromatic heterocycles. The van der Waals surface area contributed by atoms with Crippen LogP contribution in [0.15, 0.2) is 0 Å². The van der Waals surface area contributed by atoms with Gasteiger partial charge in [0.25, 0.3) is 0 Å². The van der Waals surface area contributed by atoms with E-state index in [0.29, 0.717) is 52.3 Å². The molecule has 0 aliphatic carbocycles. The van der Waals surface area contributed by atoms with Gasteiger partial charge in [-0.1, -0.05) is 0 Å². The average molecular weight is 282 g/mol. The summed E-state index contributed by atoms with van der Waals surface area (Å²) in [5, 5.41) is 8.50. The molecule has 0 bridgehead atoms. The molecule has 2 amide bonds. The second-order valence-corrected chi connectivity index (χ2v) is 4.71. The van der Waals surface area contributed by atoms with E-state index in [1.165, 1.54) is 0 Å². The lowest BCUT2D eigenvalue weighted by Gasteiger charge is -2.34. The molecule has 7 heteroatoms. The minimum atomic E-state index is -0.314. The first-order valence-electron chi connectivity index (χ1n) is 6.83. The van der Waals surface area contributed by atoms with E-state index < -0.39 is 0 Å². The summed E-state index contributed by atoms with van der Waals surface area (Å²) in [5.41, 5.74) is 0. The second-order valence-electron chi connectivity index (χ2n) is 4.71. The van der Waals surface area contributed by atoms with Crippen LogP contribution in [0.1, 0.15) is 13.3 Å². The Morgan fingerprint density at radius 2 is 1.85 bits per heavy atom. The van der Waals surface area contributed by atoms with Gasteiger partial charge in [-0.05, 0) is 14.0 Å². The van der Waals surface area contributed by atoms with Crippen molar-refractivity contribution in [1.82, 2.24) is 14.7 Å². The monoisotopic (exact) mass is 282 g/mol. The number of hydrogen-bond acceptors (Lipinski definition) is 5. The van der Waals surface area contributed by atoms with Gasteiger partial charge in [0.15, 0.2) is 0 Å². The van der Waals surface area contributed by atoms with Crippen molar-refractivity contribution in [3.63, 3.8) is 0 Å². The first-order valence-corrected chi connectivity index (χ1v) is 6.83. The first kappa shape index (κ1) is 16.2. The highest BCUT2D eigenvalue weighted by atomic mass is 16.6. The Morgan fingerprint density at radius 1 is 1.25 bits per heavy atom. The van der Waals surface area contributed by atoms with Crippen molar-refractivity contribution < 1.29 is 14.3 Å². The fourth-order valence-electron chi connectivity index (χ4n) is 2.00. The highest BCUT2D eigenvalue weighted by Gasteiger charge is 2.25. The number of likely N-dealkylation sites (N-methyl/N-ethyl adjacent to an activating group) is 1. The third kappa shape index (κ3) is 5.05. The normalized spacial score (nSPS) is 15.1. The third-order valence-electron chi connectivity index (χ3n) is 3.17. The summed E-state index contributed by atoms with van der Waals surface area (Å²) >= 11 is 0. The molecule has 0 atom stereocenters. The summed E-state index contributed by atoms with van der Waals surface area (Å²) in [5.74, 6) is 0.0361. The maximum absolute atomic E-state index is 12.0. The number of nitrogens with zero attached hydrogens (tertiary/aromatic N) is 4. The van der Waals surface area contributed by atoms with Crippen molar-refractivity contribution >= 4 is 12.0 Å². The van der Waals surface area contributed by atoms with Crippen LogP contribution in [0, 0.1) is 11.3 Å². The largest absolute Gasteiger partial charge is 0.450 e. The molecule has 0 aromatic rings. The number of nitriles is 1. The van der Waals surface area contributed by atoms with Crippen LogP contribution in [0.2, 0.25) is 0 Å². The molecule has 0 saturated carbocycles. The molecule has 1 heterocycles. The number of carbonyl (C=O) groups excluding carboxylic acids is 2. The van der Waals surface area contributed by atoms with E-state index in [-0.39, 0.29) is 12.0 Å². The van der Waals surface area contributed by atoms with E-state index in [0.717, 1.165) is 0 Å². The minimum absolute atomic E-state index is 0.0361. The minimum Gasteiger partial charge on any atom is -0.450 e. The van der Waals surface area contributed by atoms with E-state index in [4.69, 9.17) is 10.00 Å². The highest BCUT2D eigenvalue weighted by Crippen LogP contribution is 2.05. The number of piperazine rings is 1. The zero-order chi connectivity index (χ0) is 15.0. The molecule has 0 radical (unpaired) electrons. The van der Waals surface area contributed by atoms with Crippen LogP contribution in [-0.2, 0) is 9.53 Å². The molecule has 0 spiro atoms. The van der Waals surface area contributed by atoms with E-state index in [1.54, 1.807) is 16.7 Å². The molecular formula is C13H22N4O3. The summed E-state index contributed by atoms with van der Waals surface area (Å²) < 4.78 is 4.93. The van der Waals surface area contributed by atoms with Crippen molar-refractivity contribution in [3.05, 3.63) is 0 Å². The Morgan fingerprint density at radius 3 is 2.40 bits per heavy atom. The molecule has 20 heavy (non-hydrogen) atoms. The average Bonchev–Trinajstić information content (AvgIpc) is 2.45. The molecular weight excluding hydrogens is 260 g/mol. The van der Waals surface area contributed by atoms with Crippen LogP contribution < -0.4 is 0 Å². The van der Waals surface area contributed by atoms with Crippen LogP contribution in [-0.4, -0.2) is 79.6 Å². The Hall–Kier alpha value is -1.81. The van der Waals surface area contributed by atoms with Crippen LogP contribution >= 0.6 is 0 Å². The fourth-order valence-corrected chi connectivity index (χ4v) is 2.00. The van der Waals surface area contributed by atoms with Crippen LogP contribution in [0.5, 0.6) is 0 Å². The number of ether oxygens (including phenoxy) is 1. The maximum Gasteiger partial charge on any atom is 0.409 e. The van der Waals surface area contributed by atoms with Crippen molar-refractivity contribution in [1.29, 1.82) is 5.26 Å². The lowest BCUT2D eigenvalue weighted by Crippen LogP contribution is -2.52. The lowest BCUT2D eigenvalue weighted by atomic mass is 10.3. The Balaban J connectivity index is 2.32. The number of hydrogen-bond donors (Lipinski definition) is 0. The summed E-state index contributed by atoms with van der Waals surface area (Å²) in [6.45, 7) is 5.11. The first-order chi connectivity index (χ1) is 9.58. The summed E-state index contributed by atoms with van der Waals surface area (Å²) in [6.07, 6.45) is 0.103. The number of rotatable bonds is 5. The maximum atomic E-state index is 12.0. The molecule has 0 unspecified atom stereocenters. The third-order valence-corrected chi connectivity index (χ3v) is 3.17.